The van der Waals surface area contributed by atoms with E-state index in [0.717, 1.165) is 42.1 Å². The maximum Gasteiger partial charge on any atom is 0.332 e. The Kier molecular flexibility index (Phi) is 4.96. The van der Waals surface area contributed by atoms with E-state index < -0.39 is 0 Å². The van der Waals surface area contributed by atoms with E-state index in [9.17, 15) is 9.59 Å². The van der Waals surface area contributed by atoms with Crippen LogP contribution < -0.4 is 16.1 Å². The van der Waals surface area contributed by atoms with Crippen LogP contribution in [0.3, 0.4) is 0 Å². The summed E-state index contributed by atoms with van der Waals surface area (Å²) in [6.07, 6.45) is 1.88. The highest BCUT2D eigenvalue weighted by Gasteiger charge is 2.27. The van der Waals surface area contributed by atoms with Gasteiger partial charge in [0.2, 0.25) is 5.95 Å². The Bertz CT molecular complexity index is 1410. The van der Waals surface area contributed by atoms with Crippen LogP contribution in [-0.2, 0) is 26.6 Å². The average molecular weight is 430 g/mol. The topological polar surface area (TPSA) is 65.1 Å². The zero-order valence-corrected chi connectivity index (χ0v) is 18.7. The van der Waals surface area contributed by atoms with Gasteiger partial charge in [-0.05, 0) is 43.0 Å². The molecule has 7 nitrogen and oxygen atoms in total. The van der Waals surface area contributed by atoms with E-state index >= 15 is 0 Å². The molecular formula is C25H27N5O2. The summed E-state index contributed by atoms with van der Waals surface area (Å²) in [6.45, 7) is 5.91. The summed E-state index contributed by atoms with van der Waals surface area (Å²) in [6, 6.07) is 16.4. The molecule has 3 heterocycles. The molecule has 0 saturated carbocycles. The van der Waals surface area contributed by atoms with Crippen molar-refractivity contribution in [1.82, 2.24) is 18.7 Å². The monoisotopic (exact) mass is 429 g/mol. The van der Waals surface area contributed by atoms with Crippen LogP contribution in [0.2, 0.25) is 0 Å². The number of imidazole rings is 1. The molecule has 0 spiro atoms. The molecule has 0 unspecified atom stereocenters. The average Bonchev–Trinajstić information content (AvgIpc) is 3.22. The molecule has 2 aromatic heterocycles. The summed E-state index contributed by atoms with van der Waals surface area (Å²) < 4.78 is 4.78. The Labute approximate surface area is 186 Å². The molecule has 0 bridgehead atoms. The number of aromatic nitrogens is 4. The van der Waals surface area contributed by atoms with Crippen molar-refractivity contribution >= 4 is 22.8 Å². The quantitative estimate of drug-likeness (QED) is 0.499. The van der Waals surface area contributed by atoms with Crippen molar-refractivity contribution in [3.8, 4) is 0 Å². The van der Waals surface area contributed by atoms with Crippen molar-refractivity contribution in [2.75, 3.05) is 11.4 Å². The molecule has 0 atom stereocenters. The maximum absolute atomic E-state index is 13.5. The fourth-order valence-corrected chi connectivity index (χ4v) is 4.44. The highest BCUT2D eigenvalue weighted by molar-refractivity contribution is 5.77. The van der Waals surface area contributed by atoms with Crippen LogP contribution in [0.4, 0.5) is 11.6 Å². The maximum atomic E-state index is 13.5. The first-order valence-corrected chi connectivity index (χ1v) is 11.1. The summed E-state index contributed by atoms with van der Waals surface area (Å²) in [5, 5.41) is 0. The fourth-order valence-electron chi connectivity index (χ4n) is 4.44. The van der Waals surface area contributed by atoms with Crippen LogP contribution in [-0.4, -0.2) is 25.2 Å². The first-order chi connectivity index (χ1) is 15.5. The molecule has 1 aliphatic heterocycles. The second-order valence-corrected chi connectivity index (χ2v) is 8.48. The standard InChI is InChI=1S/C25H27N5O2/c1-4-18-10-12-20(13-11-18)28-14-5-15-29-21-22(26-24(28)29)27(3)25(32)30(23(21)31)16-19-8-6-17(2)7-9-19/h6-13H,4-5,14-16H2,1-3H3. The van der Waals surface area contributed by atoms with E-state index in [1.165, 1.54) is 14.7 Å². The van der Waals surface area contributed by atoms with Crippen molar-refractivity contribution in [2.24, 2.45) is 7.05 Å². The third-order valence-corrected chi connectivity index (χ3v) is 6.33. The summed E-state index contributed by atoms with van der Waals surface area (Å²) >= 11 is 0. The van der Waals surface area contributed by atoms with Gasteiger partial charge in [0.1, 0.15) is 0 Å². The fraction of sp³-hybridized carbons (Fsp3) is 0.320. The van der Waals surface area contributed by atoms with Gasteiger partial charge >= 0.3 is 5.69 Å². The van der Waals surface area contributed by atoms with E-state index in [1.54, 1.807) is 7.05 Å². The van der Waals surface area contributed by atoms with Crippen LogP contribution in [0, 0.1) is 6.92 Å². The molecule has 0 N–H and O–H groups in total. The first-order valence-electron chi connectivity index (χ1n) is 11.1. The highest BCUT2D eigenvalue weighted by atomic mass is 16.2. The van der Waals surface area contributed by atoms with Gasteiger partial charge in [-0.25, -0.2) is 4.79 Å². The molecule has 2 aromatic carbocycles. The SMILES string of the molecule is CCc1ccc(N2CCCn3c2nc2c3c(=O)n(Cc3ccc(C)cc3)c(=O)n2C)cc1. The predicted molar refractivity (Wildman–Crippen MR) is 127 cm³/mol. The van der Waals surface area contributed by atoms with Crippen molar-refractivity contribution in [1.29, 1.82) is 0 Å². The lowest BCUT2D eigenvalue weighted by Crippen LogP contribution is -2.40. The number of benzene rings is 2. The van der Waals surface area contributed by atoms with Gasteiger partial charge in [-0.3, -0.25) is 13.9 Å². The Morgan fingerprint density at radius 3 is 2.31 bits per heavy atom. The number of aryl methyl sites for hydroxylation is 4. The van der Waals surface area contributed by atoms with Crippen LogP contribution >= 0.6 is 0 Å². The highest BCUT2D eigenvalue weighted by Crippen LogP contribution is 2.31. The molecular weight excluding hydrogens is 402 g/mol. The van der Waals surface area contributed by atoms with E-state index in [1.807, 2.05) is 35.8 Å². The van der Waals surface area contributed by atoms with Gasteiger partial charge in [0.25, 0.3) is 5.56 Å². The largest absolute Gasteiger partial charge is 0.332 e. The minimum Gasteiger partial charge on any atom is -0.312 e. The van der Waals surface area contributed by atoms with Crippen molar-refractivity contribution in [3.05, 3.63) is 86.1 Å². The zero-order chi connectivity index (χ0) is 22.4. The number of nitrogens with zero attached hydrogens (tertiary/aromatic N) is 5. The van der Waals surface area contributed by atoms with Gasteiger partial charge in [-0.2, -0.15) is 4.98 Å². The number of anilines is 2. The number of hydrogen-bond donors (Lipinski definition) is 0. The molecule has 32 heavy (non-hydrogen) atoms. The number of hydrogen-bond acceptors (Lipinski definition) is 4. The summed E-state index contributed by atoms with van der Waals surface area (Å²) in [5.41, 5.74) is 4.68. The molecule has 7 heteroatoms. The Morgan fingerprint density at radius 2 is 1.62 bits per heavy atom. The van der Waals surface area contributed by atoms with Gasteiger partial charge in [-0.15, -0.1) is 0 Å². The lowest BCUT2D eigenvalue weighted by atomic mass is 10.1. The van der Waals surface area contributed by atoms with Crippen LogP contribution in [0.15, 0.2) is 58.1 Å². The summed E-state index contributed by atoms with van der Waals surface area (Å²) in [7, 11) is 1.69. The van der Waals surface area contributed by atoms with Gasteiger partial charge in [0.05, 0.1) is 6.54 Å². The molecule has 0 radical (unpaired) electrons. The lowest BCUT2D eigenvalue weighted by molar-refractivity contribution is 0.597. The molecule has 164 valence electrons. The third-order valence-electron chi connectivity index (χ3n) is 6.33. The smallest absolute Gasteiger partial charge is 0.312 e. The van der Waals surface area contributed by atoms with Crippen molar-refractivity contribution in [3.63, 3.8) is 0 Å². The molecule has 0 amide bonds. The lowest BCUT2D eigenvalue weighted by Gasteiger charge is -2.29. The van der Waals surface area contributed by atoms with Gasteiger partial charge in [-0.1, -0.05) is 48.9 Å². The van der Waals surface area contributed by atoms with E-state index in [-0.39, 0.29) is 17.8 Å². The minimum atomic E-state index is -0.350. The van der Waals surface area contributed by atoms with Gasteiger partial charge in [0, 0.05) is 25.8 Å². The minimum absolute atomic E-state index is 0.241. The third kappa shape index (κ3) is 3.25. The second kappa shape index (κ2) is 7.82. The first kappa shape index (κ1) is 20.3. The van der Waals surface area contributed by atoms with Crippen molar-refractivity contribution in [2.45, 2.75) is 39.8 Å². The molecule has 0 fully saturated rings. The zero-order valence-electron chi connectivity index (χ0n) is 18.7. The Balaban J connectivity index is 1.66. The van der Waals surface area contributed by atoms with Crippen molar-refractivity contribution < 1.29 is 0 Å². The molecule has 0 saturated heterocycles. The molecule has 0 aliphatic carbocycles. The Hall–Kier alpha value is -3.61. The van der Waals surface area contributed by atoms with Crippen LogP contribution in [0.25, 0.3) is 11.2 Å². The van der Waals surface area contributed by atoms with Gasteiger partial charge < -0.3 is 9.47 Å². The molecule has 1 aliphatic rings. The van der Waals surface area contributed by atoms with E-state index in [2.05, 4.69) is 36.1 Å². The molecule has 5 rings (SSSR count). The van der Waals surface area contributed by atoms with Crippen LogP contribution in [0.5, 0.6) is 0 Å². The number of fused-ring (bicyclic) bond motifs is 3. The van der Waals surface area contributed by atoms with Gasteiger partial charge in [0.15, 0.2) is 11.2 Å². The second-order valence-electron chi connectivity index (χ2n) is 8.48. The predicted octanol–water partition coefficient (Wildman–Crippen LogP) is 3.36. The summed E-state index contributed by atoms with van der Waals surface area (Å²) in [5.74, 6) is 0.718. The Morgan fingerprint density at radius 1 is 0.938 bits per heavy atom. The van der Waals surface area contributed by atoms with E-state index in [4.69, 9.17) is 4.98 Å². The number of rotatable bonds is 4. The molecule has 4 aromatic rings. The van der Waals surface area contributed by atoms with Crippen LogP contribution in [0.1, 0.15) is 30.0 Å². The van der Waals surface area contributed by atoms with E-state index in [0.29, 0.717) is 17.7 Å². The summed E-state index contributed by atoms with van der Waals surface area (Å²) in [4.78, 5) is 33.5. The normalized spacial score (nSPS) is 13.5.